The third-order valence-corrected chi connectivity index (χ3v) is 3.54. The zero-order valence-electron chi connectivity index (χ0n) is 7.40. The van der Waals surface area contributed by atoms with Gasteiger partial charge in [-0.05, 0) is 46.9 Å². The molecule has 0 fully saturated rings. The fourth-order valence-electron chi connectivity index (χ4n) is 0.904. The van der Waals surface area contributed by atoms with Crippen molar-refractivity contribution >= 4 is 38.3 Å². The van der Waals surface area contributed by atoms with Crippen LogP contribution in [0.1, 0.15) is 0 Å². The summed E-state index contributed by atoms with van der Waals surface area (Å²) in [6, 6.07) is 7.10. The lowest BCUT2D eigenvalue weighted by molar-refractivity contribution is 0.601. The maximum atomic E-state index is 11.3. The molecule has 0 atom stereocenters. The van der Waals surface area contributed by atoms with E-state index in [4.69, 9.17) is 5.73 Å². The molecule has 0 bridgehead atoms. The van der Waals surface area contributed by atoms with Crippen LogP contribution in [0.4, 0.5) is 5.69 Å². The third kappa shape index (κ3) is 3.81. The Labute approximate surface area is 97.1 Å². The van der Waals surface area contributed by atoms with Gasteiger partial charge in [0.15, 0.2) is 0 Å². The van der Waals surface area contributed by atoms with Crippen LogP contribution in [0.15, 0.2) is 24.3 Å². The van der Waals surface area contributed by atoms with E-state index in [1.807, 2.05) is 12.1 Å². The second kappa shape index (κ2) is 4.94. The average Bonchev–Trinajstić information content (AvgIpc) is 2.08. The van der Waals surface area contributed by atoms with Gasteiger partial charge >= 0.3 is 0 Å². The zero-order valence-corrected chi connectivity index (χ0v) is 10.4. The molecular weight excluding hydrogens is 315 g/mol. The Bertz CT molecular complexity index is 388. The third-order valence-electron chi connectivity index (χ3n) is 1.50. The number of benzene rings is 1. The molecule has 1 aromatic carbocycles. The topological polar surface area (TPSA) is 72.2 Å². The smallest absolute Gasteiger partial charge is 0.233 e. The summed E-state index contributed by atoms with van der Waals surface area (Å²) < 4.78 is 26.1. The molecule has 4 nitrogen and oxygen atoms in total. The van der Waals surface area contributed by atoms with Gasteiger partial charge in [-0.25, -0.2) is 8.42 Å². The highest BCUT2D eigenvalue weighted by molar-refractivity contribution is 14.1. The van der Waals surface area contributed by atoms with Crippen LogP contribution in [0.2, 0.25) is 0 Å². The molecule has 3 N–H and O–H groups in total. The minimum Gasteiger partial charge on any atom is -0.329 e. The fourth-order valence-corrected chi connectivity index (χ4v) is 2.17. The monoisotopic (exact) mass is 326 g/mol. The summed E-state index contributed by atoms with van der Waals surface area (Å²) in [5, 5.41) is 0. The van der Waals surface area contributed by atoms with Crippen molar-refractivity contribution in [3.63, 3.8) is 0 Å². The standard InChI is InChI=1S/C8H11IN2O2S/c9-7-1-3-8(4-2-7)11-14(12,13)6-5-10/h1-4,11H,5-6,10H2. The molecule has 0 aliphatic heterocycles. The number of nitrogens with one attached hydrogen (secondary N) is 1. The SMILES string of the molecule is NCCS(=O)(=O)Nc1ccc(I)cc1. The molecule has 0 saturated carbocycles. The largest absolute Gasteiger partial charge is 0.329 e. The first-order chi connectivity index (χ1) is 6.53. The van der Waals surface area contributed by atoms with Crippen molar-refractivity contribution in [3.05, 3.63) is 27.8 Å². The summed E-state index contributed by atoms with van der Waals surface area (Å²) >= 11 is 2.15. The summed E-state index contributed by atoms with van der Waals surface area (Å²) in [6.45, 7) is 0.125. The Hall–Kier alpha value is -0.340. The second-order valence-corrected chi connectivity index (χ2v) is 5.80. The highest BCUT2D eigenvalue weighted by Crippen LogP contribution is 2.12. The minimum absolute atomic E-state index is 0.0566. The van der Waals surface area contributed by atoms with Crippen molar-refractivity contribution < 1.29 is 8.42 Å². The van der Waals surface area contributed by atoms with Crippen LogP contribution >= 0.6 is 22.6 Å². The number of hydrogen-bond acceptors (Lipinski definition) is 3. The highest BCUT2D eigenvalue weighted by Gasteiger charge is 2.07. The van der Waals surface area contributed by atoms with E-state index in [0.717, 1.165) is 3.57 Å². The predicted molar refractivity (Wildman–Crippen MR) is 65.6 cm³/mol. The molecule has 14 heavy (non-hydrogen) atoms. The van der Waals surface area contributed by atoms with Gasteiger partial charge in [0.1, 0.15) is 0 Å². The van der Waals surface area contributed by atoms with Crippen LogP contribution < -0.4 is 10.5 Å². The van der Waals surface area contributed by atoms with Crippen LogP contribution in [0.5, 0.6) is 0 Å². The quantitative estimate of drug-likeness (QED) is 0.811. The van der Waals surface area contributed by atoms with Crippen LogP contribution in [0.25, 0.3) is 0 Å². The van der Waals surface area contributed by atoms with Crippen LogP contribution in [0, 0.1) is 3.57 Å². The molecule has 1 rings (SSSR count). The van der Waals surface area contributed by atoms with Gasteiger partial charge in [0.2, 0.25) is 10.0 Å². The molecular formula is C8H11IN2O2S. The fraction of sp³-hybridized carbons (Fsp3) is 0.250. The Balaban J connectivity index is 2.74. The van der Waals surface area contributed by atoms with Gasteiger partial charge in [0, 0.05) is 15.8 Å². The lowest BCUT2D eigenvalue weighted by atomic mass is 10.3. The van der Waals surface area contributed by atoms with E-state index in [1.54, 1.807) is 12.1 Å². The molecule has 6 heteroatoms. The second-order valence-electron chi connectivity index (χ2n) is 2.72. The summed E-state index contributed by atoms with van der Waals surface area (Å²) in [5.41, 5.74) is 5.74. The van der Waals surface area contributed by atoms with Crippen LogP contribution in [0.3, 0.4) is 0 Å². The normalized spacial score (nSPS) is 11.3. The Morgan fingerprint density at radius 2 is 1.86 bits per heavy atom. The predicted octanol–water partition coefficient (Wildman–Crippen LogP) is 0.992. The maximum Gasteiger partial charge on any atom is 0.233 e. The first-order valence-corrected chi connectivity index (χ1v) is 6.73. The van der Waals surface area contributed by atoms with Gasteiger partial charge in [-0.1, -0.05) is 0 Å². The molecule has 0 spiro atoms. The maximum absolute atomic E-state index is 11.3. The molecule has 0 aliphatic carbocycles. The summed E-state index contributed by atoms with van der Waals surface area (Å²) in [5.74, 6) is -0.0566. The van der Waals surface area contributed by atoms with Crippen molar-refractivity contribution in [2.45, 2.75) is 0 Å². The van der Waals surface area contributed by atoms with E-state index in [1.165, 1.54) is 0 Å². The van der Waals surface area contributed by atoms with Gasteiger partial charge in [-0.3, -0.25) is 4.72 Å². The molecule has 1 aromatic rings. The van der Waals surface area contributed by atoms with Crippen molar-refractivity contribution in [3.8, 4) is 0 Å². The number of sulfonamides is 1. The summed E-state index contributed by atoms with van der Waals surface area (Å²) in [7, 11) is -3.27. The van der Waals surface area contributed by atoms with E-state index >= 15 is 0 Å². The van der Waals surface area contributed by atoms with Crippen molar-refractivity contribution in [1.82, 2.24) is 0 Å². The summed E-state index contributed by atoms with van der Waals surface area (Å²) in [4.78, 5) is 0. The van der Waals surface area contributed by atoms with Gasteiger partial charge in [-0.2, -0.15) is 0 Å². The number of hydrogen-bond donors (Lipinski definition) is 2. The van der Waals surface area contributed by atoms with Crippen molar-refractivity contribution in [1.29, 1.82) is 0 Å². The van der Waals surface area contributed by atoms with Gasteiger partial charge in [0.25, 0.3) is 0 Å². The lowest BCUT2D eigenvalue weighted by Gasteiger charge is -2.06. The molecule has 0 amide bonds. The van der Waals surface area contributed by atoms with Crippen LogP contribution in [-0.2, 0) is 10.0 Å². The molecule has 0 unspecified atom stereocenters. The van der Waals surface area contributed by atoms with E-state index in [-0.39, 0.29) is 12.3 Å². The zero-order chi connectivity index (χ0) is 10.6. The van der Waals surface area contributed by atoms with Crippen molar-refractivity contribution in [2.75, 3.05) is 17.0 Å². The number of halogens is 1. The van der Waals surface area contributed by atoms with E-state index in [9.17, 15) is 8.42 Å². The molecule has 78 valence electrons. The number of anilines is 1. The van der Waals surface area contributed by atoms with Gasteiger partial charge in [0.05, 0.1) is 5.75 Å². The summed E-state index contributed by atoms with van der Waals surface area (Å²) in [6.07, 6.45) is 0. The van der Waals surface area contributed by atoms with Crippen molar-refractivity contribution in [2.24, 2.45) is 5.73 Å². The highest BCUT2D eigenvalue weighted by atomic mass is 127. The van der Waals surface area contributed by atoms with Gasteiger partial charge in [-0.15, -0.1) is 0 Å². The lowest BCUT2D eigenvalue weighted by Crippen LogP contribution is -2.22. The minimum atomic E-state index is -3.27. The molecule has 0 aliphatic rings. The van der Waals surface area contributed by atoms with E-state index in [2.05, 4.69) is 27.3 Å². The number of rotatable bonds is 4. The average molecular weight is 326 g/mol. The van der Waals surface area contributed by atoms with Gasteiger partial charge < -0.3 is 5.73 Å². The molecule has 0 aromatic heterocycles. The first-order valence-electron chi connectivity index (χ1n) is 3.99. The Morgan fingerprint density at radius 1 is 1.29 bits per heavy atom. The van der Waals surface area contributed by atoms with E-state index in [0.29, 0.717) is 5.69 Å². The molecule has 0 radical (unpaired) electrons. The molecule has 0 heterocycles. The van der Waals surface area contributed by atoms with Crippen LogP contribution in [-0.4, -0.2) is 20.7 Å². The molecule has 0 saturated heterocycles. The van der Waals surface area contributed by atoms with E-state index < -0.39 is 10.0 Å². The first kappa shape index (κ1) is 11.7. The number of nitrogens with two attached hydrogens (primary N) is 1. The Kier molecular flexibility index (Phi) is 4.14. The Morgan fingerprint density at radius 3 is 2.36 bits per heavy atom.